The van der Waals surface area contributed by atoms with Crippen LogP contribution in [0.1, 0.15) is 24.2 Å². The van der Waals surface area contributed by atoms with Crippen molar-refractivity contribution in [3.05, 3.63) is 47.8 Å². The zero-order valence-electron chi connectivity index (χ0n) is 12.1. The van der Waals surface area contributed by atoms with E-state index in [0.29, 0.717) is 47.7 Å². The third-order valence-electron chi connectivity index (χ3n) is 2.98. The molecular weight excluding hydrogens is 271 g/mol. The van der Waals surface area contributed by atoms with E-state index in [1.165, 1.54) is 6.07 Å². The molecule has 0 aliphatic rings. The van der Waals surface area contributed by atoms with Gasteiger partial charge in [-0.05, 0) is 37.6 Å². The number of carbonyl (C=O) groups is 1. The fourth-order valence-corrected chi connectivity index (χ4v) is 2.06. The maximum atomic E-state index is 14.1. The predicted octanol–water partition coefficient (Wildman–Crippen LogP) is 4.10. The minimum atomic E-state index is -0.439. The summed E-state index contributed by atoms with van der Waals surface area (Å²) >= 11 is 0. The maximum absolute atomic E-state index is 14.1. The Morgan fingerprint density at radius 1 is 1.00 bits per heavy atom. The van der Waals surface area contributed by atoms with Gasteiger partial charge in [-0.15, -0.1) is 0 Å². The molecule has 0 heterocycles. The molecule has 0 spiro atoms. The highest BCUT2D eigenvalue weighted by Crippen LogP contribution is 2.34. The average Bonchev–Trinajstić information content (AvgIpc) is 2.49. The van der Waals surface area contributed by atoms with Crippen LogP contribution in [0, 0.1) is 5.82 Å². The second-order valence-corrected chi connectivity index (χ2v) is 4.38. The lowest BCUT2D eigenvalue weighted by Gasteiger charge is -2.13. The van der Waals surface area contributed by atoms with Crippen molar-refractivity contribution >= 4 is 6.29 Å². The fraction of sp³-hybridized carbons (Fsp3) is 0.235. The highest BCUT2D eigenvalue weighted by Gasteiger charge is 2.11. The molecule has 0 saturated heterocycles. The molecule has 110 valence electrons. The van der Waals surface area contributed by atoms with Crippen molar-refractivity contribution in [2.24, 2.45) is 0 Å². The summed E-state index contributed by atoms with van der Waals surface area (Å²) in [7, 11) is 0. The molecule has 0 saturated carbocycles. The highest BCUT2D eigenvalue weighted by atomic mass is 19.1. The van der Waals surface area contributed by atoms with Crippen molar-refractivity contribution < 1.29 is 18.7 Å². The Balaban J connectivity index is 2.44. The van der Waals surface area contributed by atoms with Gasteiger partial charge in [0.1, 0.15) is 12.1 Å². The van der Waals surface area contributed by atoms with Gasteiger partial charge in [0.2, 0.25) is 0 Å². The molecule has 0 fully saturated rings. The normalized spacial score (nSPS) is 10.2. The third kappa shape index (κ3) is 3.40. The van der Waals surface area contributed by atoms with E-state index < -0.39 is 5.82 Å². The molecule has 2 aromatic carbocycles. The number of benzene rings is 2. The second-order valence-electron chi connectivity index (χ2n) is 4.38. The zero-order valence-corrected chi connectivity index (χ0v) is 12.1. The van der Waals surface area contributed by atoms with Crippen molar-refractivity contribution in [2.45, 2.75) is 13.8 Å². The zero-order chi connectivity index (χ0) is 15.2. The quantitative estimate of drug-likeness (QED) is 0.751. The number of ether oxygens (including phenoxy) is 2. The van der Waals surface area contributed by atoms with Gasteiger partial charge in [0, 0.05) is 11.1 Å². The minimum Gasteiger partial charge on any atom is -0.490 e. The molecule has 0 atom stereocenters. The molecule has 3 nitrogen and oxygen atoms in total. The van der Waals surface area contributed by atoms with Gasteiger partial charge >= 0.3 is 0 Å². The number of carbonyl (C=O) groups excluding carboxylic acids is 1. The first-order valence-electron chi connectivity index (χ1n) is 6.84. The fourth-order valence-electron chi connectivity index (χ4n) is 2.06. The molecule has 2 rings (SSSR count). The highest BCUT2D eigenvalue weighted by molar-refractivity contribution is 5.77. The number of hydrogen-bond acceptors (Lipinski definition) is 3. The Morgan fingerprint density at radius 2 is 1.71 bits per heavy atom. The summed E-state index contributed by atoms with van der Waals surface area (Å²) in [5.74, 6) is 0.773. The van der Waals surface area contributed by atoms with Crippen molar-refractivity contribution in [3.63, 3.8) is 0 Å². The van der Waals surface area contributed by atoms with Crippen LogP contribution < -0.4 is 9.47 Å². The Morgan fingerprint density at radius 3 is 2.33 bits per heavy atom. The smallest absolute Gasteiger partial charge is 0.161 e. The lowest BCUT2D eigenvalue weighted by Crippen LogP contribution is -1.99. The van der Waals surface area contributed by atoms with E-state index in [9.17, 15) is 9.18 Å². The lowest BCUT2D eigenvalue weighted by molar-refractivity contribution is 0.112. The van der Waals surface area contributed by atoms with Crippen LogP contribution in [0.2, 0.25) is 0 Å². The van der Waals surface area contributed by atoms with Gasteiger partial charge in [-0.2, -0.15) is 0 Å². The standard InChI is InChI=1S/C17H17FO3/c1-3-20-16-8-6-13(10-17(16)21-4-2)14-7-5-12(11-19)9-15(14)18/h5-11H,3-4H2,1-2H3. The first kappa shape index (κ1) is 15.0. The molecule has 0 amide bonds. The van der Waals surface area contributed by atoms with Crippen LogP contribution in [0.4, 0.5) is 4.39 Å². The van der Waals surface area contributed by atoms with Gasteiger partial charge in [-0.1, -0.05) is 18.2 Å². The van der Waals surface area contributed by atoms with Gasteiger partial charge in [-0.25, -0.2) is 4.39 Å². The Kier molecular flexibility index (Phi) is 4.93. The number of aldehydes is 1. The van der Waals surface area contributed by atoms with Crippen LogP contribution in [0.25, 0.3) is 11.1 Å². The average molecular weight is 288 g/mol. The maximum Gasteiger partial charge on any atom is 0.161 e. The number of hydrogen-bond donors (Lipinski definition) is 0. The summed E-state index contributed by atoms with van der Waals surface area (Å²) in [5, 5.41) is 0. The molecular formula is C17H17FO3. The Labute approximate surface area is 123 Å². The van der Waals surface area contributed by atoms with Crippen molar-refractivity contribution in [3.8, 4) is 22.6 Å². The van der Waals surface area contributed by atoms with E-state index in [1.54, 1.807) is 30.3 Å². The summed E-state index contributed by atoms with van der Waals surface area (Å²) in [6.07, 6.45) is 0.622. The molecule has 0 unspecified atom stereocenters. The van der Waals surface area contributed by atoms with Crippen LogP contribution >= 0.6 is 0 Å². The summed E-state index contributed by atoms with van der Waals surface area (Å²) < 4.78 is 25.1. The molecule has 0 N–H and O–H groups in total. The minimum absolute atomic E-state index is 0.312. The van der Waals surface area contributed by atoms with Gasteiger partial charge in [0.15, 0.2) is 11.5 Å². The summed E-state index contributed by atoms with van der Waals surface area (Å²) in [4.78, 5) is 10.7. The van der Waals surface area contributed by atoms with Crippen LogP contribution in [0.5, 0.6) is 11.5 Å². The largest absolute Gasteiger partial charge is 0.490 e. The molecule has 0 aliphatic carbocycles. The monoisotopic (exact) mass is 288 g/mol. The molecule has 4 heteroatoms. The first-order valence-corrected chi connectivity index (χ1v) is 6.84. The summed E-state index contributed by atoms with van der Waals surface area (Å²) in [5.41, 5.74) is 1.41. The summed E-state index contributed by atoms with van der Waals surface area (Å²) in [6.45, 7) is 4.79. The van der Waals surface area contributed by atoms with Crippen LogP contribution in [0.3, 0.4) is 0 Å². The second kappa shape index (κ2) is 6.88. The summed E-state index contributed by atoms with van der Waals surface area (Å²) in [6, 6.07) is 9.67. The van der Waals surface area contributed by atoms with Crippen LogP contribution in [-0.2, 0) is 0 Å². The van der Waals surface area contributed by atoms with E-state index in [4.69, 9.17) is 9.47 Å². The molecule has 0 bridgehead atoms. The topological polar surface area (TPSA) is 35.5 Å². The van der Waals surface area contributed by atoms with E-state index in [1.807, 2.05) is 13.8 Å². The van der Waals surface area contributed by atoms with Crippen molar-refractivity contribution in [1.82, 2.24) is 0 Å². The molecule has 0 aromatic heterocycles. The molecule has 0 radical (unpaired) electrons. The van der Waals surface area contributed by atoms with E-state index in [-0.39, 0.29) is 0 Å². The van der Waals surface area contributed by atoms with Gasteiger partial charge in [0.05, 0.1) is 13.2 Å². The Bertz CT molecular complexity index is 638. The third-order valence-corrected chi connectivity index (χ3v) is 2.98. The first-order chi connectivity index (χ1) is 10.2. The SMILES string of the molecule is CCOc1ccc(-c2ccc(C=O)cc2F)cc1OCC. The van der Waals surface area contributed by atoms with Crippen molar-refractivity contribution in [2.75, 3.05) is 13.2 Å². The van der Waals surface area contributed by atoms with E-state index >= 15 is 0 Å². The van der Waals surface area contributed by atoms with E-state index in [0.717, 1.165) is 0 Å². The van der Waals surface area contributed by atoms with E-state index in [2.05, 4.69) is 0 Å². The predicted molar refractivity (Wildman–Crippen MR) is 79.6 cm³/mol. The van der Waals surface area contributed by atoms with Crippen LogP contribution in [0.15, 0.2) is 36.4 Å². The van der Waals surface area contributed by atoms with Gasteiger partial charge in [0.25, 0.3) is 0 Å². The van der Waals surface area contributed by atoms with Gasteiger partial charge < -0.3 is 9.47 Å². The number of rotatable bonds is 6. The molecule has 21 heavy (non-hydrogen) atoms. The molecule has 2 aromatic rings. The lowest BCUT2D eigenvalue weighted by atomic mass is 10.0. The van der Waals surface area contributed by atoms with Crippen molar-refractivity contribution in [1.29, 1.82) is 0 Å². The Hall–Kier alpha value is -2.36. The molecule has 0 aliphatic heterocycles. The van der Waals surface area contributed by atoms with Crippen LogP contribution in [-0.4, -0.2) is 19.5 Å². The van der Waals surface area contributed by atoms with Gasteiger partial charge in [-0.3, -0.25) is 4.79 Å². The number of halogens is 1.